The summed E-state index contributed by atoms with van der Waals surface area (Å²) in [5, 5.41) is 1.66. The number of fused-ring (bicyclic) bond motifs is 1. The maximum absolute atomic E-state index is 13.4. The molecule has 3 aromatic carbocycles. The minimum absolute atomic E-state index is 0.0413. The van der Waals surface area contributed by atoms with Gasteiger partial charge >= 0.3 is 11.9 Å². The van der Waals surface area contributed by atoms with Gasteiger partial charge < -0.3 is 9.47 Å². The van der Waals surface area contributed by atoms with Crippen molar-refractivity contribution in [1.82, 2.24) is 0 Å². The summed E-state index contributed by atoms with van der Waals surface area (Å²) in [6, 6.07) is 17.9. The zero-order valence-corrected chi connectivity index (χ0v) is 17.4. The lowest BCUT2D eigenvalue weighted by Crippen LogP contribution is -2.36. The highest BCUT2D eigenvalue weighted by Gasteiger charge is 2.28. The molecule has 0 unspecified atom stereocenters. The van der Waals surface area contributed by atoms with E-state index >= 15 is 0 Å². The molecular formula is C22H21NO6S. The van der Waals surface area contributed by atoms with Crippen molar-refractivity contribution in [2.24, 2.45) is 0 Å². The van der Waals surface area contributed by atoms with Crippen LogP contribution < -0.4 is 4.31 Å². The molecule has 3 aromatic rings. The molecule has 156 valence electrons. The third kappa shape index (κ3) is 4.44. The zero-order valence-electron chi connectivity index (χ0n) is 16.6. The Morgan fingerprint density at radius 2 is 1.60 bits per heavy atom. The van der Waals surface area contributed by atoms with E-state index in [4.69, 9.17) is 4.74 Å². The Labute approximate surface area is 174 Å². The van der Waals surface area contributed by atoms with Gasteiger partial charge in [-0.05, 0) is 54.1 Å². The Balaban J connectivity index is 2.03. The summed E-state index contributed by atoms with van der Waals surface area (Å²) in [6.07, 6.45) is 0. The van der Waals surface area contributed by atoms with E-state index in [0.717, 1.165) is 15.1 Å². The fourth-order valence-electron chi connectivity index (χ4n) is 2.93. The third-order valence-electron chi connectivity index (χ3n) is 4.48. The van der Waals surface area contributed by atoms with Gasteiger partial charge in [-0.25, -0.2) is 13.2 Å². The standard InChI is InChI=1S/C22H21NO6S/c1-3-29-22(25)17-8-11-19(12-9-17)23(15-21(24)28-2)30(26,27)20-13-10-16-6-4-5-7-18(16)14-20/h4-14H,3,15H2,1-2H3. The molecule has 3 rings (SSSR count). The Kier molecular flexibility index (Phi) is 6.37. The SMILES string of the molecule is CCOC(=O)c1ccc(N(CC(=O)OC)S(=O)(=O)c2ccc3ccccc3c2)cc1. The number of hydrogen-bond donors (Lipinski definition) is 0. The minimum atomic E-state index is -4.08. The van der Waals surface area contributed by atoms with Crippen molar-refractivity contribution in [1.29, 1.82) is 0 Å². The van der Waals surface area contributed by atoms with Crippen LogP contribution in [0.4, 0.5) is 5.69 Å². The highest BCUT2D eigenvalue weighted by molar-refractivity contribution is 7.92. The van der Waals surface area contributed by atoms with Gasteiger partial charge in [0.05, 0.1) is 29.9 Å². The van der Waals surface area contributed by atoms with Crippen molar-refractivity contribution in [2.45, 2.75) is 11.8 Å². The molecule has 8 heteroatoms. The molecule has 0 atom stereocenters. The smallest absolute Gasteiger partial charge is 0.338 e. The van der Waals surface area contributed by atoms with Crippen molar-refractivity contribution in [3.63, 3.8) is 0 Å². The Morgan fingerprint density at radius 1 is 0.933 bits per heavy atom. The maximum Gasteiger partial charge on any atom is 0.338 e. The average Bonchev–Trinajstić information content (AvgIpc) is 2.77. The highest BCUT2D eigenvalue weighted by atomic mass is 32.2. The van der Waals surface area contributed by atoms with Gasteiger partial charge in [0.15, 0.2) is 0 Å². The topological polar surface area (TPSA) is 90.0 Å². The van der Waals surface area contributed by atoms with Crippen LogP contribution in [-0.2, 0) is 24.3 Å². The number of methoxy groups -OCH3 is 1. The van der Waals surface area contributed by atoms with E-state index in [0.29, 0.717) is 0 Å². The van der Waals surface area contributed by atoms with E-state index in [9.17, 15) is 18.0 Å². The number of sulfonamides is 1. The second-order valence-corrected chi connectivity index (χ2v) is 8.23. The first kappa shape index (κ1) is 21.3. The van der Waals surface area contributed by atoms with Crippen molar-refractivity contribution in [2.75, 3.05) is 24.6 Å². The highest BCUT2D eigenvalue weighted by Crippen LogP contribution is 2.27. The van der Waals surface area contributed by atoms with Gasteiger partial charge in [-0.15, -0.1) is 0 Å². The van der Waals surface area contributed by atoms with Gasteiger partial charge in [-0.3, -0.25) is 9.10 Å². The van der Waals surface area contributed by atoms with Crippen LogP contribution in [0.5, 0.6) is 0 Å². The third-order valence-corrected chi connectivity index (χ3v) is 6.25. The first-order chi connectivity index (χ1) is 14.4. The van der Waals surface area contributed by atoms with Crippen molar-refractivity contribution in [3.8, 4) is 0 Å². The molecule has 0 saturated carbocycles. The fourth-order valence-corrected chi connectivity index (χ4v) is 4.38. The summed E-state index contributed by atoms with van der Waals surface area (Å²) in [5.74, 6) is -1.23. The molecule has 0 radical (unpaired) electrons. The summed E-state index contributed by atoms with van der Waals surface area (Å²) in [7, 11) is -2.89. The first-order valence-electron chi connectivity index (χ1n) is 9.22. The lowest BCUT2D eigenvalue weighted by Gasteiger charge is -2.23. The number of anilines is 1. The van der Waals surface area contributed by atoms with Crippen molar-refractivity contribution >= 4 is 38.4 Å². The average molecular weight is 427 g/mol. The number of nitrogens with zero attached hydrogens (tertiary/aromatic N) is 1. The number of rotatable bonds is 7. The van der Waals surface area contributed by atoms with Crippen LogP contribution >= 0.6 is 0 Å². The molecule has 0 spiro atoms. The molecule has 0 N–H and O–H groups in total. The molecule has 7 nitrogen and oxygen atoms in total. The maximum atomic E-state index is 13.4. The fraction of sp³-hybridized carbons (Fsp3) is 0.182. The summed E-state index contributed by atoms with van der Waals surface area (Å²) >= 11 is 0. The monoisotopic (exact) mass is 427 g/mol. The second-order valence-electron chi connectivity index (χ2n) is 6.36. The summed E-state index contributed by atoms with van der Waals surface area (Å²) < 4.78 is 37.3. The lowest BCUT2D eigenvalue weighted by molar-refractivity contribution is -0.138. The molecule has 0 bridgehead atoms. The van der Waals surface area contributed by atoms with E-state index in [1.54, 1.807) is 19.1 Å². The number of carbonyl (C=O) groups excluding carboxylic acids is 2. The number of esters is 2. The van der Waals surface area contributed by atoms with E-state index in [-0.39, 0.29) is 22.8 Å². The number of benzene rings is 3. The van der Waals surface area contributed by atoms with Gasteiger partial charge in [0.25, 0.3) is 10.0 Å². The van der Waals surface area contributed by atoms with E-state index in [1.165, 1.54) is 37.4 Å². The molecule has 0 fully saturated rings. The quantitative estimate of drug-likeness (QED) is 0.537. The summed E-state index contributed by atoms with van der Waals surface area (Å²) in [6.45, 7) is 1.41. The Morgan fingerprint density at radius 3 is 2.23 bits per heavy atom. The van der Waals surface area contributed by atoms with Gasteiger partial charge in [0.1, 0.15) is 6.54 Å². The Hall–Kier alpha value is -3.39. The summed E-state index contributed by atoms with van der Waals surface area (Å²) in [4.78, 5) is 23.8. The minimum Gasteiger partial charge on any atom is -0.468 e. The molecule has 30 heavy (non-hydrogen) atoms. The van der Waals surface area contributed by atoms with Crippen LogP contribution in [0.3, 0.4) is 0 Å². The van der Waals surface area contributed by atoms with Crippen LogP contribution in [0.2, 0.25) is 0 Å². The van der Waals surface area contributed by atoms with E-state index in [2.05, 4.69) is 4.74 Å². The van der Waals surface area contributed by atoms with Gasteiger partial charge in [-0.2, -0.15) is 0 Å². The van der Waals surface area contributed by atoms with Crippen LogP contribution in [0, 0.1) is 0 Å². The van der Waals surface area contributed by atoms with Gasteiger partial charge in [-0.1, -0.05) is 30.3 Å². The Bertz CT molecular complexity index is 1170. The van der Waals surface area contributed by atoms with Gasteiger partial charge in [0.2, 0.25) is 0 Å². The molecule has 0 aromatic heterocycles. The zero-order chi connectivity index (χ0) is 21.7. The molecule has 0 aliphatic carbocycles. The number of hydrogen-bond acceptors (Lipinski definition) is 6. The van der Waals surface area contributed by atoms with Crippen LogP contribution in [-0.4, -0.2) is 40.6 Å². The van der Waals surface area contributed by atoms with E-state index in [1.807, 2.05) is 24.3 Å². The molecule has 0 heterocycles. The largest absolute Gasteiger partial charge is 0.468 e. The number of carbonyl (C=O) groups is 2. The van der Waals surface area contributed by atoms with Gasteiger partial charge in [0, 0.05) is 0 Å². The van der Waals surface area contributed by atoms with Crippen molar-refractivity contribution in [3.05, 3.63) is 72.3 Å². The summed E-state index contributed by atoms with van der Waals surface area (Å²) in [5.41, 5.74) is 0.503. The van der Waals surface area contributed by atoms with E-state index < -0.39 is 28.5 Å². The molecule has 0 amide bonds. The molecular weight excluding hydrogens is 406 g/mol. The molecule has 0 aliphatic heterocycles. The predicted molar refractivity (Wildman–Crippen MR) is 113 cm³/mol. The predicted octanol–water partition coefficient (Wildman–Crippen LogP) is 3.38. The second kappa shape index (κ2) is 8.96. The van der Waals surface area contributed by atoms with Crippen LogP contribution in [0.15, 0.2) is 71.6 Å². The molecule has 0 saturated heterocycles. The van der Waals surface area contributed by atoms with Crippen LogP contribution in [0.25, 0.3) is 10.8 Å². The first-order valence-corrected chi connectivity index (χ1v) is 10.7. The lowest BCUT2D eigenvalue weighted by atomic mass is 10.1. The number of ether oxygens (including phenoxy) is 2. The van der Waals surface area contributed by atoms with Crippen molar-refractivity contribution < 1.29 is 27.5 Å². The normalized spacial score (nSPS) is 11.1. The molecule has 0 aliphatic rings. The van der Waals surface area contributed by atoms with Crippen LogP contribution in [0.1, 0.15) is 17.3 Å².